The molecule has 0 bridgehead atoms. The third-order valence-corrected chi connectivity index (χ3v) is 6.86. The minimum Gasteiger partial charge on any atom is -0.311 e. The summed E-state index contributed by atoms with van der Waals surface area (Å²) in [5.41, 5.74) is 0.605. The molecule has 3 fully saturated rings. The standard InChI is InChI=1S/C20H37N/c1-20(2)14-12-17(13-15-20)21-19-11-7-6-10-18(19)16-8-4-3-5-9-16/h16-19,21H,3-15H2,1-2H3. The number of rotatable bonds is 3. The molecular formula is C20H37N. The molecule has 3 rings (SSSR count). The van der Waals surface area contributed by atoms with Crippen molar-refractivity contribution in [1.29, 1.82) is 0 Å². The van der Waals surface area contributed by atoms with Gasteiger partial charge in [-0.15, -0.1) is 0 Å². The molecule has 0 heterocycles. The molecule has 122 valence electrons. The number of hydrogen-bond acceptors (Lipinski definition) is 1. The van der Waals surface area contributed by atoms with E-state index in [-0.39, 0.29) is 0 Å². The molecule has 0 saturated heterocycles. The Balaban J connectivity index is 1.54. The lowest BCUT2D eigenvalue weighted by molar-refractivity contribution is 0.122. The molecule has 3 aliphatic carbocycles. The molecule has 0 aromatic heterocycles. The minimum absolute atomic E-state index is 0.605. The van der Waals surface area contributed by atoms with Gasteiger partial charge in [0, 0.05) is 12.1 Å². The summed E-state index contributed by atoms with van der Waals surface area (Å²) in [4.78, 5) is 0. The van der Waals surface area contributed by atoms with Crippen molar-refractivity contribution >= 4 is 0 Å². The second-order valence-corrected chi connectivity index (χ2v) is 9.06. The van der Waals surface area contributed by atoms with Crippen molar-refractivity contribution in [2.45, 2.75) is 109 Å². The van der Waals surface area contributed by atoms with E-state index in [0.717, 1.165) is 23.9 Å². The summed E-state index contributed by atoms with van der Waals surface area (Å²) in [6.07, 6.45) is 19.2. The quantitative estimate of drug-likeness (QED) is 0.705. The zero-order valence-electron chi connectivity index (χ0n) is 14.5. The lowest BCUT2D eigenvalue weighted by atomic mass is 9.70. The summed E-state index contributed by atoms with van der Waals surface area (Å²) >= 11 is 0. The second kappa shape index (κ2) is 7.02. The fraction of sp³-hybridized carbons (Fsp3) is 1.00. The SMILES string of the molecule is CC1(C)CCC(NC2CCCCC2C2CCCCC2)CC1. The van der Waals surface area contributed by atoms with Gasteiger partial charge in [-0.25, -0.2) is 0 Å². The van der Waals surface area contributed by atoms with Gasteiger partial charge in [0.15, 0.2) is 0 Å². The molecule has 1 N–H and O–H groups in total. The van der Waals surface area contributed by atoms with Crippen molar-refractivity contribution in [1.82, 2.24) is 5.32 Å². The molecule has 2 unspecified atom stereocenters. The van der Waals surface area contributed by atoms with Gasteiger partial charge < -0.3 is 5.32 Å². The van der Waals surface area contributed by atoms with Crippen molar-refractivity contribution in [2.24, 2.45) is 17.3 Å². The molecule has 1 heteroatoms. The Morgan fingerprint density at radius 1 is 0.714 bits per heavy atom. The van der Waals surface area contributed by atoms with Crippen molar-refractivity contribution in [2.75, 3.05) is 0 Å². The van der Waals surface area contributed by atoms with Crippen molar-refractivity contribution in [3.05, 3.63) is 0 Å². The zero-order valence-corrected chi connectivity index (χ0v) is 14.5. The van der Waals surface area contributed by atoms with Gasteiger partial charge in [0.25, 0.3) is 0 Å². The summed E-state index contributed by atoms with van der Waals surface area (Å²) in [5.74, 6) is 2.06. The lowest BCUT2D eigenvalue weighted by Crippen LogP contribution is -2.48. The van der Waals surface area contributed by atoms with E-state index in [1.165, 1.54) is 83.5 Å². The molecule has 21 heavy (non-hydrogen) atoms. The fourth-order valence-electron chi connectivity index (χ4n) is 5.36. The molecule has 3 aliphatic rings. The van der Waals surface area contributed by atoms with Crippen LogP contribution in [0.25, 0.3) is 0 Å². The van der Waals surface area contributed by atoms with E-state index in [2.05, 4.69) is 19.2 Å². The third-order valence-electron chi connectivity index (χ3n) is 6.86. The molecule has 0 aromatic carbocycles. The van der Waals surface area contributed by atoms with Crippen LogP contribution in [-0.2, 0) is 0 Å². The predicted molar refractivity (Wildman–Crippen MR) is 91.5 cm³/mol. The average Bonchev–Trinajstić information content (AvgIpc) is 2.51. The Labute approximate surface area is 132 Å². The van der Waals surface area contributed by atoms with Crippen LogP contribution in [0.5, 0.6) is 0 Å². The molecule has 3 saturated carbocycles. The number of hydrogen-bond donors (Lipinski definition) is 1. The highest BCUT2D eigenvalue weighted by molar-refractivity contribution is 4.91. The molecule has 2 atom stereocenters. The van der Waals surface area contributed by atoms with Crippen LogP contribution < -0.4 is 5.32 Å². The highest BCUT2D eigenvalue weighted by Gasteiger charge is 2.35. The maximum Gasteiger partial charge on any atom is 0.0101 e. The Bertz CT molecular complexity index is 306. The first kappa shape index (κ1) is 15.8. The van der Waals surface area contributed by atoms with E-state index in [0.29, 0.717) is 5.41 Å². The Morgan fingerprint density at radius 3 is 2.05 bits per heavy atom. The van der Waals surface area contributed by atoms with Crippen LogP contribution in [0, 0.1) is 17.3 Å². The van der Waals surface area contributed by atoms with Crippen LogP contribution in [-0.4, -0.2) is 12.1 Å². The van der Waals surface area contributed by atoms with Gasteiger partial charge in [-0.3, -0.25) is 0 Å². The normalized spacial score (nSPS) is 35.7. The van der Waals surface area contributed by atoms with Gasteiger partial charge in [0.2, 0.25) is 0 Å². The van der Waals surface area contributed by atoms with Gasteiger partial charge in [0.05, 0.1) is 0 Å². The van der Waals surface area contributed by atoms with E-state index in [9.17, 15) is 0 Å². The van der Waals surface area contributed by atoms with Crippen LogP contribution >= 0.6 is 0 Å². The Hall–Kier alpha value is -0.0400. The van der Waals surface area contributed by atoms with Crippen molar-refractivity contribution in [3.63, 3.8) is 0 Å². The number of nitrogens with one attached hydrogen (secondary N) is 1. The molecule has 0 spiro atoms. The van der Waals surface area contributed by atoms with E-state index < -0.39 is 0 Å². The van der Waals surface area contributed by atoms with E-state index in [4.69, 9.17) is 0 Å². The van der Waals surface area contributed by atoms with Gasteiger partial charge in [0.1, 0.15) is 0 Å². The lowest BCUT2D eigenvalue weighted by Gasteiger charge is -2.43. The summed E-state index contributed by atoms with van der Waals surface area (Å²) in [5, 5.41) is 4.14. The zero-order chi connectivity index (χ0) is 14.7. The first-order valence-electron chi connectivity index (χ1n) is 9.90. The van der Waals surface area contributed by atoms with Gasteiger partial charge in [-0.05, 0) is 55.8 Å². The minimum atomic E-state index is 0.605. The largest absolute Gasteiger partial charge is 0.311 e. The first-order valence-corrected chi connectivity index (χ1v) is 9.90. The molecule has 1 nitrogen and oxygen atoms in total. The molecule has 0 aromatic rings. The van der Waals surface area contributed by atoms with Crippen molar-refractivity contribution in [3.8, 4) is 0 Å². The average molecular weight is 292 g/mol. The fourth-order valence-corrected chi connectivity index (χ4v) is 5.36. The summed E-state index contributed by atoms with van der Waals surface area (Å²) < 4.78 is 0. The van der Waals surface area contributed by atoms with Crippen LogP contribution in [0.2, 0.25) is 0 Å². The first-order chi connectivity index (χ1) is 10.1. The highest BCUT2D eigenvalue weighted by atomic mass is 15.0. The summed E-state index contributed by atoms with van der Waals surface area (Å²) in [6, 6.07) is 1.68. The van der Waals surface area contributed by atoms with Gasteiger partial charge in [-0.2, -0.15) is 0 Å². The third kappa shape index (κ3) is 4.24. The van der Waals surface area contributed by atoms with E-state index >= 15 is 0 Å². The molecule has 0 aliphatic heterocycles. The maximum absolute atomic E-state index is 4.14. The van der Waals surface area contributed by atoms with Crippen molar-refractivity contribution < 1.29 is 0 Å². The van der Waals surface area contributed by atoms with Crippen LogP contribution in [0.4, 0.5) is 0 Å². The van der Waals surface area contributed by atoms with Crippen LogP contribution in [0.15, 0.2) is 0 Å². The molecular weight excluding hydrogens is 254 g/mol. The van der Waals surface area contributed by atoms with Gasteiger partial charge >= 0.3 is 0 Å². The monoisotopic (exact) mass is 291 g/mol. The second-order valence-electron chi connectivity index (χ2n) is 9.06. The topological polar surface area (TPSA) is 12.0 Å². The van der Waals surface area contributed by atoms with Crippen LogP contribution in [0.1, 0.15) is 97.3 Å². The summed E-state index contributed by atoms with van der Waals surface area (Å²) in [6.45, 7) is 4.91. The maximum atomic E-state index is 4.14. The smallest absolute Gasteiger partial charge is 0.0101 e. The van der Waals surface area contributed by atoms with E-state index in [1.807, 2.05) is 0 Å². The van der Waals surface area contributed by atoms with E-state index in [1.54, 1.807) is 0 Å². The summed E-state index contributed by atoms with van der Waals surface area (Å²) in [7, 11) is 0. The molecule has 0 radical (unpaired) electrons. The highest BCUT2D eigenvalue weighted by Crippen LogP contribution is 2.40. The van der Waals surface area contributed by atoms with Crippen LogP contribution in [0.3, 0.4) is 0 Å². The Morgan fingerprint density at radius 2 is 1.33 bits per heavy atom. The van der Waals surface area contributed by atoms with Gasteiger partial charge in [-0.1, -0.05) is 58.8 Å². The Kier molecular flexibility index (Phi) is 5.30. The predicted octanol–water partition coefficient (Wildman–Crippen LogP) is 5.68. The molecule has 0 amide bonds.